The summed E-state index contributed by atoms with van der Waals surface area (Å²) in [6.45, 7) is 4.43. The van der Waals surface area contributed by atoms with Crippen molar-refractivity contribution in [2.24, 2.45) is 5.41 Å². The summed E-state index contributed by atoms with van der Waals surface area (Å²) < 4.78 is 0. The van der Waals surface area contributed by atoms with Crippen LogP contribution in [0.3, 0.4) is 0 Å². The van der Waals surface area contributed by atoms with Gasteiger partial charge in [0.2, 0.25) is 11.8 Å². The fourth-order valence-electron chi connectivity index (χ4n) is 2.81. The van der Waals surface area contributed by atoms with Gasteiger partial charge in [-0.15, -0.1) is 0 Å². The summed E-state index contributed by atoms with van der Waals surface area (Å²) >= 11 is 0. The van der Waals surface area contributed by atoms with Gasteiger partial charge in [0, 0.05) is 12.2 Å². The number of aryl methyl sites for hydroxylation is 2. The lowest BCUT2D eigenvalue weighted by Crippen LogP contribution is -2.39. The van der Waals surface area contributed by atoms with E-state index in [9.17, 15) is 9.59 Å². The van der Waals surface area contributed by atoms with Crippen molar-refractivity contribution < 1.29 is 9.59 Å². The molecule has 2 amide bonds. The number of nitrogens with one attached hydrogen (secondary N) is 2. The van der Waals surface area contributed by atoms with Crippen molar-refractivity contribution in [1.29, 1.82) is 0 Å². The predicted molar refractivity (Wildman–Crippen MR) is 94.5 cm³/mol. The van der Waals surface area contributed by atoms with Crippen molar-refractivity contribution >= 4 is 17.5 Å². The van der Waals surface area contributed by atoms with Gasteiger partial charge >= 0.3 is 0 Å². The number of amides is 2. The maximum Gasteiger partial charge on any atom is 0.240 e. The summed E-state index contributed by atoms with van der Waals surface area (Å²) in [4.78, 5) is 25.1. The molecule has 2 aromatic rings. The van der Waals surface area contributed by atoms with E-state index in [1.165, 1.54) is 0 Å². The van der Waals surface area contributed by atoms with Crippen LogP contribution in [-0.2, 0) is 16.1 Å². The Bertz CT molecular complexity index is 779. The molecule has 1 fully saturated rings. The quantitative estimate of drug-likeness (QED) is 0.830. The lowest BCUT2D eigenvalue weighted by Gasteiger charge is -2.16. The van der Waals surface area contributed by atoms with Gasteiger partial charge in [-0.1, -0.05) is 36.4 Å². The highest BCUT2D eigenvalue weighted by Crippen LogP contribution is 2.46. The number of hydrogen-bond acceptors (Lipinski definition) is 2. The number of carbonyl (C=O) groups excluding carboxylic acids is 2. The Morgan fingerprint density at radius 2 is 1.75 bits per heavy atom. The number of carbonyl (C=O) groups is 2. The van der Waals surface area contributed by atoms with Crippen LogP contribution in [0.5, 0.6) is 0 Å². The Labute approximate surface area is 142 Å². The Morgan fingerprint density at radius 1 is 1.00 bits per heavy atom. The number of hydrogen-bond donors (Lipinski definition) is 2. The molecule has 0 atom stereocenters. The second-order valence-corrected chi connectivity index (χ2v) is 6.51. The van der Waals surface area contributed by atoms with Crippen molar-refractivity contribution in [3.63, 3.8) is 0 Å². The first-order valence-electron chi connectivity index (χ1n) is 8.22. The lowest BCUT2D eigenvalue weighted by molar-refractivity contribution is -0.134. The van der Waals surface area contributed by atoms with Crippen LogP contribution >= 0.6 is 0 Å². The topological polar surface area (TPSA) is 58.2 Å². The molecular formula is C20H22N2O2. The van der Waals surface area contributed by atoms with E-state index >= 15 is 0 Å². The fraction of sp³-hybridized carbons (Fsp3) is 0.300. The Kier molecular flexibility index (Phi) is 4.38. The molecule has 2 N–H and O–H groups in total. The van der Waals surface area contributed by atoms with Gasteiger partial charge in [0.1, 0.15) is 5.41 Å². The summed E-state index contributed by atoms with van der Waals surface area (Å²) in [6.07, 6.45) is 1.20. The third-order valence-electron chi connectivity index (χ3n) is 4.60. The molecule has 0 spiro atoms. The van der Waals surface area contributed by atoms with E-state index in [1.54, 1.807) is 0 Å². The first-order chi connectivity index (χ1) is 11.5. The minimum Gasteiger partial charge on any atom is -0.351 e. The second-order valence-electron chi connectivity index (χ2n) is 6.51. The molecule has 0 radical (unpaired) electrons. The predicted octanol–water partition coefficient (Wildman–Crippen LogP) is 3.34. The van der Waals surface area contributed by atoms with E-state index in [-0.39, 0.29) is 11.8 Å². The molecule has 1 aliphatic carbocycles. The summed E-state index contributed by atoms with van der Waals surface area (Å²) in [7, 11) is 0. The maximum atomic E-state index is 12.6. The third-order valence-corrected chi connectivity index (χ3v) is 4.60. The van der Waals surface area contributed by atoms with Crippen LogP contribution in [0.25, 0.3) is 0 Å². The molecule has 0 aromatic heterocycles. The molecule has 4 nitrogen and oxygen atoms in total. The van der Waals surface area contributed by atoms with Crippen LogP contribution < -0.4 is 10.6 Å². The summed E-state index contributed by atoms with van der Waals surface area (Å²) in [5, 5.41) is 5.80. The normalized spacial score (nSPS) is 14.8. The molecule has 0 bridgehead atoms. The van der Waals surface area contributed by atoms with E-state index in [1.807, 2.05) is 62.4 Å². The van der Waals surface area contributed by atoms with Gasteiger partial charge in [-0.25, -0.2) is 0 Å². The first kappa shape index (κ1) is 16.2. The van der Waals surface area contributed by atoms with Gasteiger partial charge in [-0.05, 0) is 55.5 Å². The molecule has 4 heteroatoms. The Hall–Kier alpha value is -2.62. The third kappa shape index (κ3) is 3.32. The molecule has 0 heterocycles. The zero-order valence-corrected chi connectivity index (χ0v) is 14.1. The van der Waals surface area contributed by atoms with Crippen molar-refractivity contribution in [1.82, 2.24) is 5.32 Å². The van der Waals surface area contributed by atoms with Crippen LogP contribution in [0, 0.1) is 19.3 Å². The average molecular weight is 322 g/mol. The highest BCUT2D eigenvalue weighted by Gasteiger charge is 2.56. The maximum absolute atomic E-state index is 12.6. The molecule has 1 saturated carbocycles. The fourth-order valence-corrected chi connectivity index (χ4v) is 2.81. The number of rotatable bonds is 5. The molecule has 124 valence electrons. The molecule has 24 heavy (non-hydrogen) atoms. The van der Waals surface area contributed by atoms with Crippen molar-refractivity contribution in [3.8, 4) is 0 Å². The average Bonchev–Trinajstić information content (AvgIpc) is 3.36. The minimum atomic E-state index is -0.910. The van der Waals surface area contributed by atoms with E-state index < -0.39 is 5.41 Å². The molecular weight excluding hydrogens is 300 g/mol. The Morgan fingerprint density at radius 3 is 2.42 bits per heavy atom. The SMILES string of the molecule is Cc1cccc(NC(=O)C2(C(=O)NCc3ccccc3C)CC2)c1. The number of anilines is 1. The smallest absolute Gasteiger partial charge is 0.240 e. The van der Waals surface area contributed by atoms with Gasteiger partial charge in [0.05, 0.1) is 0 Å². The second kappa shape index (κ2) is 6.48. The molecule has 0 saturated heterocycles. The summed E-state index contributed by atoms with van der Waals surface area (Å²) in [5.41, 5.74) is 3.10. The van der Waals surface area contributed by atoms with Crippen molar-refractivity contribution in [2.75, 3.05) is 5.32 Å². The summed E-state index contributed by atoms with van der Waals surface area (Å²) in [6, 6.07) is 15.5. The van der Waals surface area contributed by atoms with Gasteiger partial charge in [-0.2, -0.15) is 0 Å². The van der Waals surface area contributed by atoms with Crippen LogP contribution in [0.15, 0.2) is 48.5 Å². The molecule has 1 aliphatic rings. The highest BCUT2D eigenvalue weighted by molar-refractivity contribution is 6.13. The van der Waals surface area contributed by atoms with Crippen LogP contribution in [0.2, 0.25) is 0 Å². The van der Waals surface area contributed by atoms with Crippen molar-refractivity contribution in [2.45, 2.75) is 33.2 Å². The van der Waals surface area contributed by atoms with E-state index in [0.717, 1.165) is 22.4 Å². The zero-order chi connectivity index (χ0) is 17.2. The van der Waals surface area contributed by atoms with E-state index in [4.69, 9.17) is 0 Å². The van der Waals surface area contributed by atoms with Crippen molar-refractivity contribution in [3.05, 3.63) is 65.2 Å². The highest BCUT2D eigenvalue weighted by atomic mass is 16.2. The van der Waals surface area contributed by atoms with E-state index in [0.29, 0.717) is 19.4 Å². The summed E-state index contributed by atoms with van der Waals surface area (Å²) in [5.74, 6) is -0.397. The Balaban J connectivity index is 1.63. The first-order valence-corrected chi connectivity index (χ1v) is 8.22. The standard InChI is InChI=1S/C20H22N2O2/c1-14-6-5-9-17(12-14)22-19(24)20(10-11-20)18(23)21-13-16-8-4-3-7-15(16)2/h3-9,12H,10-11,13H2,1-2H3,(H,21,23)(H,22,24). The van der Waals surface area contributed by atoms with E-state index in [2.05, 4.69) is 10.6 Å². The van der Waals surface area contributed by atoms with Crippen LogP contribution in [-0.4, -0.2) is 11.8 Å². The molecule has 0 aliphatic heterocycles. The van der Waals surface area contributed by atoms with Gasteiger partial charge < -0.3 is 10.6 Å². The van der Waals surface area contributed by atoms with Gasteiger partial charge in [-0.3, -0.25) is 9.59 Å². The van der Waals surface area contributed by atoms with Gasteiger partial charge in [0.25, 0.3) is 0 Å². The number of benzene rings is 2. The zero-order valence-electron chi connectivity index (χ0n) is 14.1. The molecule has 3 rings (SSSR count). The monoisotopic (exact) mass is 322 g/mol. The molecule has 0 unspecified atom stereocenters. The lowest BCUT2D eigenvalue weighted by atomic mass is 10.0. The van der Waals surface area contributed by atoms with Crippen LogP contribution in [0.1, 0.15) is 29.5 Å². The minimum absolute atomic E-state index is 0.184. The van der Waals surface area contributed by atoms with Gasteiger partial charge in [0.15, 0.2) is 0 Å². The van der Waals surface area contributed by atoms with Crippen LogP contribution in [0.4, 0.5) is 5.69 Å². The molecule has 2 aromatic carbocycles. The largest absolute Gasteiger partial charge is 0.351 e.